The highest BCUT2D eigenvalue weighted by Crippen LogP contribution is 2.40. The van der Waals surface area contributed by atoms with E-state index in [2.05, 4.69) is 15.1 Å². The molecule has 3 aromatic rings. The maximum Gasteiger partial charge on any atom is 0.416 e. The molecular formula is C27H25F4N3O. The number of anilines is 3. The van der Waals surface area contributed by atoms with Crippen molar-refractivity contribution >= 4 is 23.0 Å². The van der Waals surface area contributed by atoms with Crippen LogP contribution in [0.1, 0.15) is 16.7 Å². The van der Waals surface area contributed by atoms with Crippen LogP contribution in [0, 0.1) is 18.7 Å². The molecule has 1 amide bonds. The summed E-state index contributed by atoms with van der Waals surface area (Å²) in [5, 5.41) is 2.84. The zero-order valence-electron chi connectivity index (χ0n) is 19.1. The van der Waals surface area contributed by atoms with Gasteiger partial charge in [-0.3, -0.25) is 4.79 Å². The lowest BCUT2D eigenvalue weighted by Gasteiger charge is -2.49. The minimum atomic E-state index is -4.46. The number of hydrogen-bond acceptors (Lipinski definition) is 3. The minimum Gasteiger partial charge on any atom is -0.368 e. The zero-order valence-corrected chi connectivity index (χ0v) is 19.1. The molecule has 2 aliphatic heterocycles. The third-order valence-corrected chi connectivity index (χ3v) is 6.89. The van der Waals surface area contributed by atoms with Gasteiger partial charge in [0.15, 0.2) is 0 Å². The van der Waals surface area contributed by atoms with Crippen molar-refractivity contribution in [3.8, 4) is 0 Å². The maximum atomic E-state index is 13.4. The number of rotatable bonds is 3. The summed E-state index contributed by atoms with van der Waals surface area (Å²) >= 11 is 0. The molecule has 5 rings (SSSR count). The summed E-state index contributed by atoms with van der Waals surface area (Å²) in [6.45, 7) is 3.85. The molecule has 0 bridgehead atoms. The summed E-state index contributed by atoms with van der Waals surface area (Å²) in [5.74, 6) is -1.29. The minimum absolute atomic E-state index is 0.190. The van der Waals surface area contributed by atoms with E-state index in [0.717, 1.165) is 29.1 Å². The van der Waals surface area contributed by atoms with E-state index in [1.54, 1.807) is 0 Å². The molecule has 0 spiro atoms. The lowest BCUT2D eigenvalue weighted by atomic mass is 9.82. The Labute approximate surface area is 201 Å². The van der Waals surface area contributed by atoms with Crippen LogP contribution in [0.4, 0.5) is 34.6 Å². The van der Waals surface area contributed by atoms with Gasteiger partial charge in [0.05, 0.1) is 17.5 Å². The Kier molecular flexibility index (Phi) is 5.91. The lowest BCUT2D eigenvalue weighted by molar-refractivity contribution is -0.137. The summed E-state index contributed by atoms with van der Waals surface area (Å²) in [6, 6.07) is 17.2. The molecule has 0 unspecified atom stereocenters. The Morgan fingerprint density at radius 1 is 0.971 bits per heavy atom. The molecule has 0 saturated carbocycles. The Morgan fingerprint density at radius 3 is 2.37 bits per heavy atom. The molecule has 0 radical (unpaired) electrons. The Balaban J connectivity index is 1.48. The van der Waals surface area contributed by atoms with Crippen molar-refractivity contribution in [3.63, 3.8) is 0 Å². The number of carbonyl (C=O) groups is 1. The van der Waals surface area contributed by atoms with E-state index in [0.29, 0.717) is 30.9 Å². The van der Waals surface area contributed by atoms with E-state index in [-0.39, 0.29) is 18.4 Å². The third kappa shape index (κ3) is 4.70. The number of piperazine rings is 1. The molecule has 1 N–H and O–H groups in total. The summed E-state index contributed by atoms with van der Waals surface area (Å²) < 4.78 is 53.5. The summed E-state index contributed by atoms with van der Waals surface area (Å²) in [4.78, 5) is 17.7. The largest absolute Gasteiger partial charge is 0.416 e. The van der Waals surface area contributed by atoms with Gasteiger partial charge in [-0.2, -0.15) is 13.2 Å². The van der Waals surface area contributed by atoms with Crippen molar-refractivity contribution in [2.24, 2.45) is 5.92 Å². The Hall–Kier alpha value is -3.55. The summed E-state index contributed by atoms with van der Waals surface area (Å²) in [5.41, 5.74) is 3.19. The van der Waals surface area contributed by atoms with Crippen LogP contribution < -0.4 is 15.1 Å². The lowest BCUT2D eigenvalue weighted by Crippen LogP contribution is -2.60. The number of benzene rings is 3. The first kappa shape index (κ1) is 23.2. The first-order valence-corrected chi connectivity index (χ1v) is 11.5. The van der Waals surface area contributed by atoms with Gasteiger partial charge in [0.1, 0.15) is 5.82 Å². The number of alkyl halides is 3. The van der Waals surface area contributed by atoms with Gasteiger partial charge in [-0.1, -0.05) is 17.7 Å². The highest BCUT2D eigenvalue weighted by atomic mass is 19.4. The number of hydrogen-bond donors (Lipinski definition) is 1. The molecular weight excluding hydrogens is 458 g/mol. The third-order valence-electron chi connectivity index (χ3n) is 6.89. The van der Waals surface area contributed by atoms with Gasteiger partial charge in [0.2, 0.25) is 5.91 Å². The molecule has 8 heteroatoms. The average molecular weight is 484 g/mol. The van der Waals surface area contributed by atoms with Crippen LogP contribution in [-0.2, 0) is 17.4 Å². The van der Waals surface area contributed by atoms with Gasteiger partial charge >= 0.3 is 6.18 Å². The summed E-state index contributed by atoms with van der Waals surface area (Å²) in [6.07, 6.45) is -4.27. The first-order valence-electron chi connectivity index (χ1n) is 11.5. The van der Waals surface area contributed by atoms with Gasteiger partial charge in [-0.05, 0) is 73.5 Å². The fraction of sp³-hybridized carbons (Fsp3) is 0.296. The molecule has 2 heterocycles. The highest BCUT2D eigenvalue weighted by molar-refractivity contribution is 5.94. The van der Waals surface area contributed by atoms with Crippen LogP contribution in [-0.4, -0.2) is 31.6 Å². The van der Waals surface area contributed by atoms with E-state index in [4.69, 9.17) is 0 Å². The van der Waals surface area contributed by atoms with E-state index in [9.17, 15) is 22.4 Å². The van der Waals surface area contributed by atoms with Gasteiger partial charge in [-0.25, -0.2) is 4.39 Å². The predicted octanol–water partition coefficient (Wildman–Crippen LogP) is 5.66. The second-order valence-electron chi connectivity index (χ2n) is 9.19. The predicted molar refractivity (Wildman–Crippen MR) is 128 cm³/mol. The molecule has 0 aromatic heterocycles. The monoisotopic (exact) mass is 483 g/mol. The van der Waals surface area contributed by atoms with Crippen LogP contribution >= 0.6 is 0 Å². The molecule has 3 aromatic carbocycles. The van der Waals surface area contributed by atoms with Crippen LogP contribution in [0.3, 0.4) is 0 Å². The topological polar surface area (TPSA) is 35.6 Å². The van der Waals surface area contributed by atoms with Crippen molar-refractivity contribution < 1.29 is 22.4 Å². The van der Waals surface area contributed by atoms with Gasteiger partial charge in [0.25, 0.3) is 0 Å². The SMILES string of the molecule is Cc1ccc(N2CCN3c4ccc(C(F)(F)F)cc4C[C@H](C(=O)Nc4ccc(F)cc4)[C@H]3C2)cc1. The van der Waals surface area contributed by atoms with Crippen molar-refractivity contribution in [3.05, 3.63) is 89.2 Å². The molecule has 1 saturated heterocycles. The van der Waals surface area contributed by atoms with E-state index in [1.165, 1.54) is 30.3 Å². The van der Waals surface area contributed by atoms with Crippen molar-refractivity contribution in [2.75, 3.05) is 34.8 Å². The number of fused-ring (bicyclic) bond motifs is 3. The number of aryl methyl sites for hydroxylation is 1. The molecule has 35 heavy (non-hydrogen) atoms. The number of nitrogens with zero attached hydrogens (tertiary/aromatic N) is 2. The maximum absolute atomic E-state index is 13.4. The fourth-order valence-electron chi connectivity index (χ4n) is 5.06. The number of amides is 1. The molecule has 0 aliphatic carbocycles. The van der Waals surface area contributed by atoms with Crippen LogP contribution in [0.2, 0.25) is 0 Å². The average Bonchev–Trinajstić information content (AvgIpc) is 2.84. The fourth-order valence-corrected chi connectivity index (χ4v) is 5.06. The Bertz CT molecular complexity index is 1220. The molecule has 2 atom stereocenters. The normalized spacial score (nSPS) is 19.7. The van der Waals surface area contributed by atoms with Crippen molar-refractivity contribution in [2.45, 2.75) is 25.6 Å². The van der Waals surface area contributed by atoms with E-state index in [1.807, 2.05) is 31.2 Å². The molecule has 1 fully saturated rings. The smallest absolute Gasteiger partial charge is 0.368 e. The van der Waals surface area contributed by atoms with E-state index >= 15 is 0 Å². The van der Waals surface area contributed by atoms with Gasteiger partial charge in [-0.15, -0.1) is 0 Å². The molecule has 182 valence electrons. The van der Waals surface area contributed by atoms with Crippen molar-refractivity contribution in [1.29, 1.82) is 0 Å². The standard InChI is InChI=1S/C27H25F4N3O/c1-17-2-9-22(10-3-17)33-12-13-34-24-11-4-19(27(29,30)31)14-18(24)15-23(25(34)16-33)26(35)32-21-7-5-20(28)6-8-21/h2-11,14,23,25H,12-13,15-16H2,1H3,(H,32,35)/t23-,25+/m0/s1. The number of carbonyl (C=O) groups excluding carboxylic acids is 1. The Morgan fingerprint density at radius 2 is 1.69 bits per heavy atom. The van der Waals surface area contributed by atoms with Crippen LogP contribution in [0.5, 0.6) is 0 Å². The van der Waals surface area contributed by atoms with Gasteiger partial charge in [0, 0.05) is 36.7 Å². The van der Waals surface area contributed by atoms with E-state index < -0.39 is 23.5 Å². The molecule has 2 aliphatic rings. The second kappa shape index (κ2) is 8.91. The van der Waals surface area contributed by atoms with Crippen molar-refractivity contribution in [1.82, 2.24) is 0 Å². The number of halogens is 4. The number of nitrogens with one attached hydrogen (secondary N) is 1. The summed E-state index contributed by atoms with van der Waals surface area (Å²) in [7, 11) is 0. The second-order valence-corrected chi connectivity index (χ2v) is 9.19. The van der Waals surface area contributed by atoms with Crippen LogP contribution in [0.15, 0.2) is 66.7 Å². The first-order chi connectivity index (χ1) is 16.7. The van der Waals surface area contributed by atoms with Crippen LogP contribution in [0.25, 0.3) is 0 Å². The molecule has 4 nitrogen and oxygen atoms in total. The quantitative estimate of drug-likeness (QED) is 0.489. The highest BCUT2D eigenvalue weighted by Gasteiger charge is 2.42. The zero-order chi connectivity index (χ0) is 24.7. The van der Waals surface area contributed by atoms with Gasteiger partial charge < -0.3 is 15.1 Å².